The summed E-state index contributed by atoms with van der Waals surface area (Å²) < 4.78 is 0. The lowest BCUT2D eigenvalue weighted by Gasteiger charge is -2.09. The third-order valence-corrected chi connectivity index (χ3v) is 2.13. The van der Waals surface area contributed by atoms with Crippen molar-refractivity contribution in [3.8, 4) is 0 Å². The second-order valence-electron chi connectivity index (χ2n) is 3.17. The van der Waals surface area contributed by atoms with Crippen molar-refractivity contribution in [2.45, 2.75) is 12.5 Å². The minimum Gasteiger partial charge on any atom is -0.480 e. The maximum atomic E-state index is 11.6. The number of nitrogens with one attached hydrogen (secondary N) is 1. The summed E-state index contributed by atoms with van der Waals surface area (Å²) in [5.41, 5.74) is 0.541. The first-order chi connectivity index (χ1) is 7.15. The van der Waals surface area contributed by atoms with Crippen LogP contribution in [0.3, 0.4) is 0 Å². The SMILES string of the molecule is CNC(CC(=O)c1ccccc1)C(=O)O. The molecule has 0 aliphatic heterocycles. The van der Waals surface area contributed by atoms with Gasteiger partial charge in [0.2, 0.25) is 0 Å². The van der Waals surface area contributed by atoms with Crippen LogP contribution in [0.5, 0.6) is 0 Å². The highest BCUT2D eigenvalue weighted by Crippen LogP contribution is 2.05. The molecule has 0 bridgehead atoms. The minimum atomic E-state index is -1.01. The van der Waals surface area contributed by atoms with Gasteiger partial charge in [-0.2, -0.15) is 0 Å². The van der Waals surface area contributed by atoms with Crippen molar-refractivity contribution in [3.63, 3.8) is 0 Å². The smallest absolute Gasteiger partial charge is 0.321 e. The molecule has 0 aliphatic rings. The molecule has 1 unspecified atom stereocenters. The van der Waals surface area contributed by atoms with E-state index in [1.54, 1.807) is 24.3 Å². The van der Waals surface area contributed by atoms with E-state index in [2.05, 4.69) is 5.32 Å². The molecule has 1 atom stereocenters. The van der Waals surface area contributed by atoms with Crippen LogP contribution in [-0.2, 0) is 4.79 Å². The van der Waals surface area contributed by atoms with E-state index >= 15 is 0 Å². The average molecular weight is 207 g/mol. The molecule has 0 fully saturated rings. The Morgan fingerprint density at radius 3 is 2.40 bits per heavy atom. The van der Waals surface area contributed by atoms with Crippen molar-refractivity contribution in [1.29, 1.82) is 0 Å². The normalized spacial score (nSPS) is 12.1. The van der Waals surface area contributed by atoms with Gasteiger partial charge in [0.05, 0.1) is 0 Å². The van der Waals surface area contributed by atoms with Gasteiger partial charge in [-0.1, -0.05) is 30.3 Å². The van der Waals surface area contributed by atoms with Crippen molar-refractivity contribution in [2.75, 3.05) is 7.05 Å². The van der Waals surface area contributed by atoms with Gasteiger partial charge in [-0.3, -0.25) is 9.59 Å². The molecule has 1 aromatic carbocycles. The maximum Gasteiger partial charge on any atom is 0.321 e. The Kier molecular flexibility index (Phi) is 4.00. The molecular formula is C11H13NO3. The van der Waals surface area contributed by atoms with Crippen LogP contribution in [0.25, 0.3) is 0 Å². The van der Waals surface area contributed by atoms with Crippen LogP contribution in [0.4, 0.5) is 0 Å². The van der Waals surface area contributed by atoms with Gasteiger partial charge in [-0.15, -0.1) is 0 Å². The molecule has 0 amide bonds. The van der Waals surface area contributed by atoms with Gasteiger partial charge in [-0.05, 0) is 7.05 Å². The summed E-state index contributed by atoms with van der Waals surface area (Å²) >= 11 is 0. The molecule has 1 aromatic rings. The van der Waals surface area contributed by atoms with E-state index in [4.69, 9.17) is 5.11 Å². The minimum absolute atomic E-state index is 0.0319. The van der Waals surface area contributed by atoms with Crippen LogP contribution < -0.4 is 5.32 Å². The van der Waals surface area contributed by atoms with E-state index in [1.807, 2.05) is 6.07 Å². The zero-order valence-electron chi connectivity index (χ0n) is 8.43. The van der Waals surface area contributed by atoms with Crippen molar-refractivity contribution in [1.82, 2.24) is 5.32 Å². The van der Waals surface area contributed by atoms with Gasteiger partial charge in [-0.25, -0.2) is 0 Å². The number of aliphatic carboxylic acids is 1. The fourth-order valence-electron chi connectivity index (χ4n) is 1.24. The van der Waals surface area contributed by atoms with Gasteiger partial charge in [0, 0.05) is 12.0 Å². The Hall–Kier alpha value is -1.68. The summed E-state index contributed by atoms with van der Waals surface area (Å²) in [6.07, 6.45) is -0.0319. The van der Waals surface area contributed by atoms with Gasteiger partial charge in [0.1, 0.15) is 6.04 Å². The first kappa shape index (κ1) is 11.4. The number of hydrogen-bond acceptors (Lipinski definition) is 3. The highest BCUT2D eigenvalue weighted by atomic mass is 16.4. The second kappa shape index (κ2) is 5.26. The Morgan fingerprint density at radius 2 is 1.93 bits per heavy atom. The van der Waals surface area contributed by atoms with Crippen LogP contribution in [0, 0.1) is 0 Å². The topological polar surface area (TPSA) is 66.4 Å². The Bertz CT molecular complexity index is 348. The molecule has 0 radical (unpaired) electrons. The summed E-state index contributed by atoms with van der Waals surface area (Å²) in [5.74, 6) is -1.18. The fraction of sp³-hybridized carbons (Fsp3) is 0.273. The molecule has 0 aliphatic carbocycles. The number of rotatable bonds is 5. The van der Waals surface area contributed by atoms with Gasteiger partial charge in [0.25, 0.3) is 0 Å². The maximum absolute atomic E-state index is 11.6. The summed E-state index contributed by atoms with van der Waals surface area (Å²) in [4.78, 5) is 22.3. The number of Topliss-reactive ketones (excluding diaryl/α,β-unsaturated/α-hetero) is 1. The number of likely N-dealkylation sites (N-methyl/N-ethyl adjacent to an activating group) is 1. The number of hydrogen-bond donors (Lipinski definition) is 2. The molecular weight excluding hydrogens is 194 g/mol. The van der Waals surface area contributed by atoms with E-state index in [0.717, 1.165) is 0 Å². The Balaban J connectivity index is 2.67. The van der Waals surface area contributed by atoms with E-state index in [1.165, 1.54) is 7.05 Å². The van der Waals surface area contributed by atoms with Crippen LogP contribution >= 0.6 is 0 Å². The van der Waals surface area contributed by atoms with E-state index in [-0.39, 0.29) is 12.2 Å². The quantitative estimate of drug-likeness (QED) is 0.705. The number of benzene rings is 1. The number of carboxylic acid groups (broad SMARTS) is 1. The van der Waals surface area contributed by atoms with Crippen molar-refractivity contribution in [3.05, 3.63) is 35.9 Å². The molecule has 0 spiro atoms. The lowest BCUT2D eigenvalue weighted by molar-refractivity contribution is -0.139. The molecule has 4 heteroatoms. The summed E-state index contributed by atoms with van der Waals surface area (Å²) in [5, 5.41) is 11.3. The zero-order valence-corrected chi connectivity index (χ0v) is 8.43. The number of carbonyl (C=O) groups is 2. The summed E-state index contributed by atoms with van der Waals surface area (Å²) in [6, 6.07) is 7.85. The highest BCUT2D eigenvalue weighted by Gasteiger charge is 2.19. The first-order valence-electron chi connectivity index (χ1n) is 4.63. The van der Waals surface area contributed by atoms with Crippen LogP contribution in [0.2, 0.25) is 0 Å². The van der Waals surface area contributed by atoms with Gasteiger partial charge < -0.3 is 10.4 Å². The lowest BCUT2D eigenvalue weighted by Crippen LogP contribution is -2.35. The predicted molar refractivity (Wildman–Crippen MR) is 55.9 cm³/mol. The second-order valence-corrected chi connectivity index (χ2v) is 3.17. The largest absolute Gasteiger partial charge is 0.480 e. The number of carbonyl (C=O) groups excluding carboxylic acids is 1. The van der Waals surface area contributed by atoms with Gasteiger partial charge in [0.15, 0.2) is 5.78 Å². The van der Waals surface area contributed by atoms with E-state index in [9.17, 15) is 9.59 Å². The predicted octanol–water partition coefficient (Wildman–Crippen LogP) is 0.932. The summed E-state index contributed by atoms with van der Waals surface area (Å²) in [6.45, 7) is 0. The lowest BCUT2D eigenvalue weighted by atomic mass is 10.0. The fourth-order valence-corrected chi connectivity index (χ4v) is 1.24. The van der Waals surface area contributed by atoms with Crippen LogP contribution in [0.1, 0.15) is 16.8 Å². The van der Waals surface area contributed by atoms with Crippen molar-refractivity contribution < 1.29 is 14.7 Å². The molecule has 80 valence electrons. The first-order valence-corrected chi connectivity index (χ1v) is 4.63. The van der Waals surface area contributed by atoms with E-state index in [0.29, 0.717) is 5.56 Å². The monoisotopic (exact) mass is 207 g/mol. The summed E-state index contributed by atoms with van der Waals surface area (Å²) in [7, 11) is 1.52. The molecule has 4 nitrogen and oxygen atoms in total. The Morgan fingerprint density at radius 1 is 1.33 bits per heavy atom. The molecule has 15 heavy (non-hydrogen) atoms. The highest BCUT2D eigenvalue weighted by molar-refractivity contribution is 5.98. The van der Waals surface area contributed by atoms with Crippen molar-refractivity contribution >= 4 is 11.8 Å². The van der Waals surface area contributed by atoms with Crippen LogP contribution in [0.15, 0.2) is 30.3 Å². The molecule has 1 rings (SSSR count). The van der Waals surface area contributed by atoms with Gasteiger partial charge >= 0.3 is 5.97 Å². The van der Waals surface area contributed by atoms with E-state index < -0.39 is 12.0 Å². The number of carboxylic acids is 1. The number of ketones is 1. The molecule has 0 saturated heterocycles. The Labute approximate surface area is 87.9 Å². The third kappa shape index (κ3) is 3.18. The average Bonchev–Trinajstić information content (AvgIpc) is 2.26. The zero-order chi connectivity index (χ0) is 11.3. The molecule has 2 N–H and O–H groups in total. The third-order valence-electron chi connectivity index (χ3n) is 2.13. The standard InChI is InChI=1S/C11H13NO3/c1-12-9(11(14)15)7-10(13)8-5-3-2-4-6-8/h2-6,9,12H,7H2,1H3,(H,14,15). The molecule has 0 aromatic heterocycles. The van der Waals surface area contributed by atoms with Crippen molar-refractivity contribution in [2.24, 2.45) is 0 Å². The molecule has 0 saturated carbocycles. The molecule has 0 heterocycles. The van der Waals surface area contributed by atoms with Crippen LogP contribution in [-0.4, -0.2) is 29.9 Å².